The molecule has 6 heteroatoms. The lowest BCUT2D eigenvalue weighted by atomic mass is 9.97. The third kappa shape index (κ3) is 4.84. The lowest BCUT2D eigenvalue weighted by Crippen LogP contribution is -2.24. The second-order valence-corrected chi connectivity index (χ2v) is 8.72. The summed E-state index contributed by atoms with van der Waals surface area (Å²) < 4.78 is 12.3. The van der Waals surface area contributed by atoms with E-state index in [2.05, 4.69) is 0 Å². The molecule has 1 heterocycles. The molecule has 6 nitrogen and oxygen atoms in total. The molecule has 2 N–H and O–H groups in total. The van der Waals surface area contributed by atoms with E-state index in [0.717, 1.165) is 29.9 Å². The monoisotopic (exact) mass is 422 g/mol. The Morgan fingerprint density at radius 3 is 2.58 bits per heavy atom. The Labute approximate surface area is 183 Å². The highest BCUT2D eigenvalue weighted by molar-refractivity contribution is 5.99. The van der Waals surface area contributed by atoms with Crippen LogP contribution in [0.1, 0.15) is 67.8 Å². The average molecular weight is 423 g/mol. The van der Waals surface area contributed by atoms with Gasteiger partial charge in [0.05, 0.1) is 12.2 Å². The summed E-state index contributed by atoms with van der Waals surface area (Å²) in [5, 5.41) is 0. The Bertz CT molecular complexity index is 966. The second kappa shape index (κ2) is 9.00. The lowest BCUT2D eigenvalue weighted by Gasteiger charge is -2.21. The van der Waals surface area contributed by atoms with Crippen LogP contribution >= 0.6 is 0 Å². The highest BCUT2D eigenvalue weighted by Gasteiger charge is 2.32. The van der Waals surface area contributed by atoms with E-state index in [4.69, 9.17) is 15.2 Å². The molecule has 2 amide bonds. The molecule has 1 saturated heterocycles. The number of primary amides is 1. The van der Waals surface area contributed by atoms with Crippen LogP contribution in [0, 0.1) is 0 Å². The predicted molar refractivity (Wildman–Crippen MR) is 120 cm³/mol. The topological polar surface area (TPSA) is 81.9 Å². The zero-order valence-electron chi connectivity index (χ0n) is 18.2. The fourth-order valence-corrected chi connectivity index (χ4v) is 4.42. The first-order valence-corrected chi connectivity index (χ1v) is 11.1. The van der Waals surface area contributed by atoms with Crippen LogP contribution in [-0.4, -0.2) is 30.6 Å². The molecule has 0 radical (unpaired) electrons. The van der Waals surface area contributed by atoms with Gasteiger partial charge in [0.1, 0.15) is 0 Å². The van der Waals surface area contributed by atoms with Crippen LogP contribution in [0.2, 0.25) is 0 Å². The van der Waals surface area contributed by atoms with E-state index < -0.39 is 5.91 Å². The number of nitrogens with zero attached hydrogens (tertiary/aromatic N) is 1. The molecule has 2 aromatic carbocycles. The van der Waals surface area contributed by atoms with E-state index >= 15 is 0 Å². The van der Waals surface area contributed by atoms with Crippen molar-refractivity contribution in [2.45, 2.75) is 64.1 Å². The Balaban J connectivity index is 1.56. The minimum Gasteiger partial charge on any atom is -0.487 e. The molecule has 1 aliphatic heterocycles. The highest BCUT2D eigenvalue weighted by Crippen LogP contribution is 2.38. The van der Waals surface area contributed by atoms with Crippen molar-refractivity contribution in [1.29, 1.82) is 0 Å². The van der Waals surface area contributed by atoms with Gasteiger partial charge < -0.3 is 20.1 Å². The third-order valence-electron chi connectivity index (χ3n) is 5.97. The molecule has 0 aromatic heterocycles. The number of ether oxygens (including phenoxy) is 2. The number of hydrogen-bond acceptors (Lipinski definition) is 4. The van der Waals surface area contributed by atoms with Crippen LogP contribution < -0.4 is 20.1 Å². The van der Waals surface area contributed by atoms with Crippen molar-refractivity contribution < 1.29 is 19.1 Å². The molecule has 1 saturated carbocycles. The molecule has 0 spiro atoms. The normalized spacial score (nSPS) is 19.3. The number of nitrogens with two attached hydrogens (primary N) is 1. The van der Waals surface area contributed by atoms with Gasteiger partial charge in [0.15, 0.2) is 11.5 Å². The maximum atomic E-state index is 12.8. The molecule has 1 atom stereocenters. The van der Waals surface area contributed by atoms with Crippen molar-refractivity contribution in [2.75, 3.05) is 11.4 Å². The zero-order chi connectivity index (χ0) is 22.0. The van der Waals surface area contributed by atoms with Crippen LogP contribution in [0.15, 0.2) is 42.5 Å². The molecule has 0 bridgehead atoms. The standard InChI is InChI=1S/C25H30N2O4/c1-16(2)30-22-11-10-17(13-23(22)31-21-8-3-4-9-21)19-14-24(28)27(15-19)20-7-5-6-18(12-20)25(26)29/h5-7,10-13,16,19,21H,3-4,8-9,14-15H2,1-2H3,(H2,26,29)/t19-/m0/s1. The van der Waals surface area contributed by atoms with Crippen LogP contribution in [-0.2, 0) is 4.79 Å². The first-order chi connectivity index (χ1) is 14.9. The quantitative estimate of drug-likeness (QED) is 0.716. The number of carbonyl (C=O) groups is 2. The minimum absolute atomic E-state index is 0.0346. The maximum absolute atomic E-state index is 12.8. The van der Waals surface area contributed by atoms with E-state index in [9.17, 15) is 9.59 Å². The van der Waals surface area contributed by atoms with Gasteiger partial charge in [-0.25, -0.2) is 0 Å². The van der Waals surface area contributed by atoms with Gasteiger partial charge in [0.2, 0.25) is 11.8 Å². The molecule has 0 unspecified atom stereocenters. The first-order valence-electron chi connectivity index (χ1n) is 11.1. The Kier molecular flexibility index (Phi) is 6.16. The summed E-state index contributed by atoms with van der Waals surface area (Å²) in [7, 11) is 0. The van der Waals surface area contributed by atoms with Crippen molar-refractivity contribution in [2.24, 2.45) is 5.73 Å². The number of hydrogen-bond donors (Lipinski definition) is 1. The largest absolute Gasteiger partial charge is 0.487 e. The summed E-state index contributed by atoms with van der Waals surface area (Å²) in [6, 6.07) is 12.9. The fraction of sp³-hybridized carbons (Fsp3) is 0.440. The summed E-state index contributed by atoms with van der Waals surface area (Å²) in [6.07, 6.45) is 5.21. The third-order valence-corrected chi connectivity index (χ3v) is 5.97. The Hall–Kier alpha value is -3.02. The van der Waals surface area contributed by atoms with E-state index in [1.807, 2.05) is 38.1 Å². The Morgan fingerprint density at radius 1 is 1.10 bits per heavy atom. The molecule has 31 heavy (non-hydrogen) atoms. The van der Waals surface area contributed by atoms with Gasteiger partial charge in [-0.15, -0.1) is 0 Å². The van der Waals surface area contributed by atoms with E-state index in [-0.39, 0.29) is 24.0 Å². The van der Waals surface area contributed by atoms with Gasteiger partial charge in [-0.3, -0.25) is 9.59 Å². The molecule has 2 aromatic rings. The number of carbonyl (C=O) groups excluding carboxylic acids is 2. The van der Waals surface area contributed by atoms with Crippen molar-refractivity contribution in [1.82, 2.24) is 0 Å². The number of amides is 2. The maximum Gasteiger partial charge on any atom is 0.248 e. The SMILES string of the molecule is CC(C)Oc1ccc([C@H]2CC(=O)N(c3cccc(C(N)=O)c3)C2)cc1OC1CCCC1. The summed E-state index contributed by atoms with van der Waals surface area (Å²) in [4.78, 5) is 26.0. The summed E-state index contributed by atoms with van der Waals surface area (Å²) >= 11 is 0. The summed E-state index contributed by atoms with van der Waals surface area (Å²) in [5.41, 5.74) is 7.56. The molecular weight excluding hydrogens is 392 g/mol. The number of anilines is 1. The van der Waals surface area contributed by atoms with E-state index in [1.165, 1.54) is 12.8 Å². The first kappa shape index (κ1) is 21.2. The number of rotatable bonds is 7. The van der Waals surface area contributed by atoms with Crippen molar-refractivity contribution in [3.05, 3.63) is 53.6 Å². The highest BCUT2D eigenvalue weighted by atomic mass is 16.5. The van der Waals surface area contributed by atoms with Gasteiger partial charge in [-0.05, 0) is 75.4 Å². The predicted octanol–water partition coefficient (Wildman–Crippen LogP) is 4.41. The van der Waals surface area contributed by atoms with Crippen LogP contribution in [0.3, 0.4) is 0 Å². The Morgan fingerprint density at radius 2 is 1.87 bits per heavy atom. The molecule has 1 aliphatic carbocycles. The fourth-order valence-electron chi connectivity index (χ4n) is 4.42. The molecule has 4 rings (SSSR count). The van der Waals surface area contributed by atoms with Gasteiger partial charge >= 0.3 is 0 Å². The minimum atomic E-state index is -0.500. The van der Waals surface area contributed by atoms with Crippen molar-refractivity contribution in [3.63, 3.8) is 0 Å². The van der Waals surface area contributed by atoms with Gasteiger partial charge in [-0.2, -0.15) is 0 Å². The zero-order valence-corrected chi connectivity index (χ0v) is 18.2. The molecule has 2 fully saturated rings. The van der Waals surface area contributed by atoms with Crippen LogP contribution in [0.5, 0.6) is 11.5 Å². The molecule has 164 valence electrons. The summed E-state index contributed by atoms with van der Waals surface area (Å²) in [5.74, 6) is 1.09. The van der Waals surface area contributed by atoms with Crippen LogP contribution in [0.25, 0.3) is 0 Å². The van der Waals surface area contributed by atoms with Crippen molar-refractivity contribution >= 4 is 17.5 Å². The van der Waals surface area contributed by atoms with Gasteiger partial charge in [0.25, 0.3) is 0 Å². The summed E-state index contributed by atoms with van der Waals surface area (Å²) in [6.45, 7) is 4.55. The smallest absolute Gasteiger partial charge is 0.248 e. The van der Waals surface area contributed by atoms with Gasteiger partial charge in [-0.1, -0.05) is 12.1 Å². The molecular formula is C25H30N2O4. The van der Waals surface area contributed by atoms with Gasteiger partial charge in [0, 0.05) is 30.1 Å². The molecule has 2 aliphatic rings. The average Bonchev–Trinajstić information content (AvgIpc) is 3.38. The van der Waals surface area contributed by atoms with E-state index in [0.29, 0.717) is 24.2 Å². The van der Waals surface area contributed by atoms with E-state index in [1.54, 1.807) is 23.1 Å². The van der Waals surface area contributed by atoms with Crippen molar-refractivity contribution in [3.8, 4) is 11.5 Å². The number of benzene rings is 2. The lowest BCUT2D eigenvalue weighted by molar-refractivity contribution is -0.117. The second-order valence-electron chi connectivity index (χ2n) is 8.72. The van der Waals surface area contributed by atoms with Crippen LogP contribution in [0.4, 0.5) is 5.69 Å².